The molecule has 0 aliphatic rings. The molecule has 0 saturated carbocycles. The van der Waals surface area contributed by atoms with Crippen molar-refractivity contribution in [2.75, 3.05) is 25.6 Å². The first kappa shape index (κ1) is 13.0. The predicted molar refractivity (Wildman–Crippen MR) is 67.8 cm³/mol. The maximum absolute atomic E-state index is 11.5. The fraction of sp³-hybridized carbons (Fsp3) is 0.364. The summed E-state index contributed by atoms with van der Waals surface area (Å²) < 4.78 is 5.77. The Kier molecular flexibility index (Phi) is 5.28. The topological polar surface area (TPSA) is 50.4 Å². The minimum absolute atomic E-state index is 0.224. The van der Waals surface area contributed by atoms with Crippen LogP contribution < -0.4 is 10.6 Å². The van der Waals surface area contributed by atoms with Crippen molar-refractivity contribution >= 4 is 27.6 Å². The Bertz CT molecular complexity index is 369. The molecule has 0 heterocycles. The number of rotatable bonds is 4. The van der Waals surface area contributed by atoms with Crippen LogP contribution in [0, 0.1) is 6.92 Å². The molecular formula is C11H15BrN2O2. The van der Waals surface area contributed by atoms with Gasteiger partial charge in [0.05, 0.1) is 6.61 Å². The lowest BCUT2D eigenvalue weighted by molar-refractivity contribution is 0.198. The Balaban J connectivity index is 2.52. The highest BCUT2D eigenvalue weighted by molar-refractivity contribution is 9.10. The monoisotopic (exact) mass is 286 g/mol. The van der Waals surface area contributed by atoms with Crippen LogP contribution >= 0.6 is 15.9 Å². The number of carbonyl (C=O) groups is 1. The molecule has 0 atom stereocenters. The van der Waals surface area contributed by atoms with Crippen LogP contribution in [-0.4, -0.2) is 26.3 Å². The third kappa shape index (κ3) is 4.20. The van der Waals surface area contributed by atoms with Crippen LogP contribution in [0.5, 0.6) is 0 Å². The van der Waals surface area contributed by atoms with E-state index in [-0.39, 0.29) is 6.03 Å². The molecule has 1 aromatic rings. The fourth-order valence-electron chi connectivity index (χ4n) is 1.16. The molecule has 4 nitrogen and oxygen atoms in total. The Morgan fingerprint density at radius 3 is 2.94 bits per heavy atom. The van der Waals surface area contributed by atoms with Crippen LogP contribution in [0.25, 0.3) is 0 Å². The van der Waals surface area contributed by atoms with E-state index < -0.39 is 0 Å². The van der Waals surface area contributed by atoms with Gasteiger partial charge in [0.2, 0.25) is 0 Å². The lowest BCUT2D eigenvalue weighted by Crippen LogP contribution is -2.31. The molecule has 0 saturated heterocycles. The van der Waals surface area contributed by atoms with Gasteiger partial charge in [0.15, 0.2) is 0 Å². The van der Waals surface area contributed by atoms with E-state index in [9.17, 15) is 4.79 Å². The summed E-state index contributed by atoms with van der Waals surface area (Å²) >= 11 is 3.36. The minimum atomic E-state index is -0.224. The van der Waals surface area contributed by atoms with Gasteiger partial charge in [-0.3, -0.25) is 0 Å². The van der Waals surface area contributed by atoms with Gasteiger partial charge in [0, 0.05) is 23.8 Å². The van der Waals surface area contributed by atoms with Crippen LogP contribution in [0.3, 0.4) is 0 Å². The largest absolute Gasteiger partial charge is 0.383 e. The van der Waals surface area contributed by atoms with Crippen LogP contribution in [0.15, 0.2) is 22.7 Å². The van der Waals surface area contributed by atoms with Gasteiger partial charge >= 0.3 is 6.03 Å². The summed E-state index contributed by atoms with van der Waals surface area (Å²) in [6, 6.07) is 5.52. The van der Waals surface area contributed by atoms with Crippen molar-refractivity contribution in [1.29, 1.82) is 0 Å². The second-order valence-electron chi connectivity index (χ2n) is 3.33. The number of hydrogen-bond donors (Lipinski definition) is 2. The highest BCUT2D eigenvalue weighted by Gasteiger charge is 2.03. The zero-order valence-electron chi connectivity index (χ0n) is 9.34. The zero-order valence-corrected chi connectivity index (χ0v) is 10.9. The van der Waals surface area contributed by atoms with E-state index in [1.165, 1.54) is 0 Å². The predicted octanol–water partition coefficient (Wildman–Crippen LogP) is 2.53. The van der Waals surface area contributed by atoms with Gasteiger partial charge in [0.25, 0.3) is 0 Å². The van der Waals surface area contributed by atoms with E-state index in [1.54, 1.807) is 7.11 Å². The smallest absolute Gasteiger partial charge is 0.319 e. The number of methoxy groups -OCH3 is 1. The molecule has 5 heteroatoms. The van der Waals surface area contributed by atoms with Crippen molar-refractivity contribution in [2.24, 2.45) is 0 Å². The minimum Gasteiger partial charge on any atom is -0.383 e. The third-order valence-electron chi connectivity index (χ3n) is 2.04. The molecule has 0 unspecified atom stereocenters. The number of amides is 2. The molecule has 0 spiro atoms. The summed E-state index contributed by atoms with van der Waals surface area (Å²) in [5.41, 5.74) is 1.81. The number of hydrogen-bond acceptors (Lipinski definition) is 2. The van der Waals surface area contributed by atoms with E-state index in [0.717, 1.165) is 15.7 Å². The highest BCUT2D eigenvalue weighted by atomic mass is 79.9. The summed E-state index contributed by atoms with van der Waals surface area (Å²) in [6.07, 6.45) is 0. The van der Waals surface area contributed by atoms with Gasteiger partial charge in [-0.2, -0.15) is 0 Å². The van der Waals surface area contributed by atoms with E-state index >= 15 is 0 Å². The van der Waals surface area contributed by atoms with Crippen molar-refractivity contribution in [3.05, 3.63) is 28.2 Å². The number of ether oxygens (including phenoxy) is 1. The molecule has 0 radical (unpaired) electrons. The standard InChI is InChI=1S/C11H15BrN2O2/c1-8-3-4-9(12)7-10(8)14-11(15)13-5-6-16-2/h3-4,7H,5-6H2,1-2H3,(H2,13,14,15). The third-order valence-corrected chi connectivity index (χ3v) is 2.53. The quantitative estimate of drug-likeness (QED) is 0.836. The number of anilines is 1. The van der Waals surface area contributed by atoms with E-state index in [2.05, 4.69) is 26.6 Å². The molecule has 1 aromatic carbocycles. The van der Waals surface area contributed by atoms with Gasteiger partial charge in [-0.15, -0.1) is 0 Å². The lowest BCUT2D eigenvalue weighted by atomic mass is 10.2. The van der Waals surface area contributed by atoms with Gasteiger partial charge < -0.3 is 15.4 Å². The second kappa shape index (κ2) is 6.50. The summed E-state index contributed by atoms with van der Waals surface area (Å²) in [5.74, 6) is 0. The second-order valence-corrected chi connectivity index (χ2v) is 4.25. The van der Waals surface area contributed by atoms with Gasteiger partial charge in [-0.05, 0) is 24.6 Å². The van der Waals surface area contributed by atoms with E-state index in [1.807, 2.05) is 25.1 Å². The summed E-state index contributed by atoms with van der Waals surface area (Å²) in [4.78, 5) is 11.5. The highest BCUT2D eigenvalue weighted by Crippen LogP contribution is 2.20. The first-order chi connectivity index (χ1) is 7.63. The van der Waals surface area contributed by atoms with Crippen LogP contribution in [0.4, 0.5) is 10.5 Å². The van der Waals surface area contributed by atoms with E-state index in [0.29, 0.717) is 13.2 Å². The van der Waals surface area contributed by atoms with Crippen molar-refractivity contribution in [1.82, 2.24) is 5.32 Å². The molecule has 1 rings (SSSR count). The SMILES string of the molecule is COCCNC(=O)Nc1cc(Br)ccc1C. The Labute approximate surface area is 103 Å². The maximum Gasteiger partial charge on any atom is 0.319 e. The van der Waals surface area contributed by atoms with Gasteiger partial charge in [0.1, 0.15) is 0 Å². The molecule has 0 aliphatic heterocycles. The van der Waals surface area contributed by atoms with Gasteiger partial charge in [-0.25, -0.2) is 4.79 Å². The molecule has 16 heavy (non-hydrogen) atoms. The van der Waals surface area contributed by atoms with Crippen LogP contribution in [-0.2, 0) is 4.74 Å². The first-order valence-corrected chi connectivity index (χ1v) is 5.72. The Morgan fingerprint density at radius 2 is 2.25 bits per heavy atom. The molecule has 2 amide bonds. The van der Waals surface area contributed by atoms with Crippen molar-refractivity contribution in [3.8, 4) is 0 Å². The summed E-state index contributed by atoms with van der Waals surface area (Å²) in [7, 11) is 1.60. The Morgan fingerprint density at radius 1 is 1.50 bits per heavy atom. The summed E-state index contributed by atoms with van der Waals surface area (Å²) in [6.45, 7) is 2.94. The number of aryl methyl sites for hydroxylation is 1. The van der Waals surface area contributed by atoms with E-state index in [4.69, 9.17) is 4.74 Å². The average Bonchev–Trinajstić information content (AvgIpc) is 2.24. The molecule has 2 N–H and O–H groups in total. The normalized spacial score (nSPS) is 9.94. The lowest BCUT2D eigenvalue weighted by Gasteiger charge is -2.09. The average molecular weight is 287 g/mol. The summed E-state index contributed by atoms with van der Waals surface area (Å²) in [5, 5.41) is 5.46. The number of benzene rings is 1. The molecule has 0 aromatic heterocycles. The van der Waals surface area contributed by atoms with Crippen molar-refractivity contribution in [2.45, 2.75) is 6.92 Å². The molecule has 0 fully saturated rings. The van der Waals surface area contributed by atoms with Gasteiger partial charge in [-0.1, -0.05) is 22.0 Å². The number of carbonyl (C=O) groups excluding carboxylic acids is 1. The number of urea groups is 1. The zero-order chi connectivity index (χ0) is 12.0. The Hall–Kier alpha value is -1.07. The molecular weight excluding hydrogens is 272 g/mol. The van der Waals surface area contributed by atoms with Crippen LogP contribution in [0.1, 0.15) is 5.56 Å². The van der Waals surface area contributed by atoms with Crippen molar-refractivity contribution < 1.29 is 9.53 Å². The number of halogens is 1. The number of nitrogens with one attached hydrogen (secondary N) is 2. The molecule has 0 aliphatic carbocycles. The fourth-order valence-corrected chi connectivity index (χ4v) is 1.52. The first-order valence-electron chi connectivity index (χ1n) is 4.93. The van der Waals surface area contributed by atoms with Crippen molar-refractivity contribution in [3.63, 3.8) is 0 Å². The molecule has 0 bridgehead atoms. The van der Waals surface area contributed by atoms with Crippen LogP contribution in [0.2, 0.25) is 0 Å². The maximum atomic E-state index is 11.5. The molecule has 88 valence electrons.